The van der Waals surface area contributed by atoms with E-state index in [1.54, 1.807) is 30.3 Å². The number of imide groups is 1. The molecular formula is C19H19N3O3S. The molecule has 2 amide bonds. The average Bonchev–Trinajstić information content (AvgIpc) is 3.34. The van der Waals surface area contributed by atoms with Gasteiger partial charge in [0.05, 0.1) is 23.4 Å². The fourth-order valence-corrected chi connectivity index (χ4v) is 6.25. The van der Waals surface area contributed by atoms with E-state index >= 15 is 0 Å². The molecule has 1 aromatic carbocycles. The number of benzene rings is 1. The quantitative estimate of drug-likeness (QED) is 0.719. The molecule has 5 rings (SSSR count). The van der Waals surface area contributed by atoms with Crippen molar-refractivity contribution in [3.05, 3.63) is 36.0 Å². The molecule has 0 radical (unpaired) electrons. The van der Waals surface area contributed by atoms with Crippen molar-refractivity contribution in [2.24, 2.45) is 11.8 Å². The molecule has 7 heteroatoms. The normalized spacial score (nSPS) is 31.1. The van der Waals surface area contributed by atoms with E-state index in [4.69, 9.17) is 0 Å². The summed E-state index contributed by atoms with van der Waals surface area (Å²) in [5.74, 6) is 0.846. The highest BCUT2D eigenvalue weighted by Crippen LogP contribution is 2.54. The van der Waals surface area contributed by atoms with Crippen LogP contribution in [0.4, 0.5) is 0 Å². The number of rotatable bonds is 1. The van der Waals surface area contributed by atoms with Crippen molar-refractivity contribution in [2.45, 2.75) is 19.0 Å². The number of carbonyl (C=O) groups excluding carboxylic acids is 3. The largest absolute Gasteiger partial charge is 0.287 e. The molecule has 0 spiro atoms. The second-order valence-electron chi connectivity index (χ2n) is 7.30. The number of nitrogens with zero attached hydrogens (tertiary/aromatic N) is 3. The SMILES string of the molecule is CC(=O)n1cc(C2C3C(=O)N(C)C(=O)C3C3CSCN32)c2ccccc21. The molecular weight excluding hydrogens is 350 g/mol. The van der Waals surface area contributed by atoms with Crippen LogP contribution in [-0.4, -0.2) is 56.8 Å². The molecule has 3 fully saturated rings. The van der Waals surface area contributed by atoms with Gasteiger partial charge in [0.25, 0.3) is 0 Å². The monoisotopic (exact) mass is 369 g/mol. The first-order chi connectivity index (χ1) is 12.5. The summed E-state index contributed by atoms with van der Waals surface area (Å²) in [5, 5.41) is 0.985. The average molecular weight is 369 g/mol. The van der Waals surface area contributed by atoms with E-state index in [9.17, 15) is 14.4 Å². The Labute approximate surface area is 155 Å². The maximum atomic E-state index is 12.9. The van der Waals surface area contributed by atoms with Gasteiger partial charge in [-0.15, -0.1) is 11.8 Å². The summed E-state index contributed by atoms with van der Waals surface area (Å²) in [6.45, 7) is 1.54. The van der Waals surface area contributed by atoms with Gasteiger partial charge in [-0.05, 0) is 11.6 Å². The van der Waals surface area contributed by atoms with Gasteiger partial charge < -0.3 is 0 Å². The minimum atomic E-state index is -0.357. The zero-order chi connectivity index (χ0) is 18.2. The lowest BCUT2D eigenvalue weighted by Crippen LogP contribution is -2.38. The van der Waals surface area contributed by atoms with Gasteiger partial charge in [0, 0.05) is 43.2 Å². The first-order valence-corrected chi connectivity index (χ1v) is 9.92. The Kier molecular flexibility index (Phi) is 3.36. The van der Waals surface area contributed by atoms with Crippen LogP contribution in [-0.2, 0) is 9.59 Å². The summed E-state index contributed by atoms with van der Waals surface area (Å²) in [7, 11) is 1.59. The zero-order valence-corrected chi connectivity index (χ0v) is 15.4. The number of likely N-dealkylation sites (tertiary alicyclic amines) is 1. The Morgan fingerprint density at radius 2 is 1.88 bits per heavy atom. The number of aromatic nitrogens is 1. The van der Waals surface area contributed by atoms with Gasteiger partial charge in [-0.2, -0.15) is 0 Å². The van der Waals surface area contributed by atoms with Crippen LogP contribution in [0.3, 0.4) is 0 Å². The lowest BCUT2D eigenvalue weighted by molar-refractivity contribution is -0.139. The lowest BCUT2D eigenvalue weighted by Gasteiger charge is -2.26. The van der Waals surface area contributed by atoms with Crippen LogP contribution in [0.25, 0.3) is 10.9 Å². The number of thioether (sulfide) groups is 1. The minimum absolute atomic E-state index is 0.0553. The topological polar surface area (TPSA) is 62.6 Å². The molecule has 0 bridgehead atoms. The van der Waals surface area contributed by atoms with Gasteiger partial charge in [-0.1, -0.05) is 18.2 Å². The maximum Gasteiger partial charge on any atom is 0.234 e. The predicted octanol–water partition coefficient (Wildman–Crippen LogP) is 1.96. The molecule has 3 aliphatic heterocycles. The molecule has 3 saturated heterocycles. The highest BCUT2D eigenvalue weighted by atomic mass is 32.2. The van der Waals surface area contributed by atoms with Crippen molar-refractivity contribution in [3.8, 4) is 0 Å². The van der Waals surface area contributed by atoms with E-state index < -0.39 is 0 Å². The van der Waals surface area contributed by atoms with E-state index in [2.05, 4.69) is 4.90 Å². The summed E-state index contributed by atoms with van der Waals surface area (Å²) < 4.78 is 1.65. The Bertz CT molecular complexity index is 968. The predicted molar refractivity (Wildman–Crippen MR) is 98.7 cm³/mol. The first-order valence-electron chi connectivity index (χ1n) is 8.76. The number of hydrogen-bond donors (Lipinski definition) is 0. The summed E-state index contributed by atoms with van der Waals surface area (Å²) in [6.07, 6.45) is 1.87. The van der Waals surface area contributed by atoms with Gasteiger partial charge in [0.1, 0.15) is 0 Å². The Morgan fingerprint density at radius 3 is 2.65 bits per heavy atom. The molecule has 4 unspecified atom stereocenters. The van der Waals surface area contributed by atoms with E-state index in [-0.39, 0.29) is 41.6 Å². The Balaban J connectivity index is 1.72. The van der Waals surface area contributed by atoms with E-state index in [1.807, 2.05) is 30.5 Å². The third kappa shape index (κ3) is 1.90. The fraction of sp³-hybridized carbons (Fsp3) is 0.421. The molecule has 4 atom stereocenters. The van der Waals surface area contributed by atoms with Crippen molar-refractivity contribution in [1.82, 2.24) is 14.4 Å². The molecule has 3 aliphatic rings. The fourth-order valence-electron chi connectivity index (χ4n) is 4.95. The third-order valence-electron chi connectivity index (χ3n) is 6.09. The van der Waals surface area contributed by atoms with Crippen LogP contribution < -0.4 is 0 Å². The summed E-state index contributed by atoms with van der Waals surface area (Å²) in [5.41, 5.74) is 1.83. The van der Waals surface area contributed by atoms with E-state index in [0.29, 0.717) is 0 Å². The Morgan fingerprint density at radius 1 is 1.15 bits per heavy atom. The van der Waals surface area contributed by atoms with Crippen LogP contribution in [0, 0.1) is 11.8 Å². The van der Waals surface area contributed by atoms with Crippen molar-refractivity contribution in [3.63, 3.8) is 0 Å². The zero-order valence-electron chi connectivity index (χ0n) is 14.6. The molecule has 0 N–H and O–H groups in total. The summed E-state index contributed by atoms with van der Waals surface area (Å²) in [6, 6.07) is 7.72. The number of amides is 2. The molecule has 2 aromatic rings. The molecule has 6 nitrogen and oxygen atoms in total. The van der Waals surface area contributed by atoms with Crippen LogP contribution in [0.5, 0.6) is 0 Å². The van der Waals surface area contributed by atoms with Gasteiger partial charge in [-0.3, -0.25) is 28.8 Å². The molecule has 134 valence electrons. The lowest BCUT2D eigenvalue weighted by atomic mass is 9.86. The van der Waals surface area contributed by atoms with Gasteiger partial charge in [0.2, 0.25) is 17.7 Å². The number of fused-ring (bicyclic) bond motifs is 4. The second kappa shape index (κ2) is 5.44. The first kappa shape index (κ1) is 16.1. The van der Waals surface area contributed by atoms with Gasteiger partial charge in [-0.25, -0.2) is 0 Å². The van der Waals surface area contributed by atoms with Gasteiger partial charge in [0.15, 0.2) is 0 Å². The number of hydrogen-bond acceptors (Lipinski definition) is 5. The molecule has 0 saturated carbocycles. The van der Waals surface area contributed by atoms with Crippen molar-refractivity contribution >= 4 is 40.4 Å². The van der Waals surface area contributed by atoms with Crippen LogP contribution >= 0.6 is 11.8 Å². The van der Waals surface area contributed by atoms with Crippen LogP contribution in [0.2, 0.25) is 0 Å². The Hall–Kier alpha value is -2.12. The van der Waals surface area contributed by atoms with Crippen LogP contribution in [0.1, 0.15) is 23.3 Å². The number of carbonyl (C=O) groups is 3. The smallest absolute Gasteiger partial charge is 0.234 e. The van der Waals surface area contributed by atoms with E-state index in [0.717, 1.165) is 28.1 Å². The second-order valence-corrected chi connectivity index (χ2v) is 8.30. The standard InChI is InChI=1S/C19H19N3O3S/c1-10(23)21-7-12(11-5-3-4-6-13(11)21)17-16-15(14-8-26-9-22(14)17)18(24)20(2)19(16)25/h3-7,14-17H,8-9H2,1-2H3. The summed E-state index contributed by atoms with van der Waals surface area (Å²) >= 11 is 1.81. The summed E-state index contributed by atoms with van der Waals surface area (Å²) in [4.78, 5) is 41.3. The maximum absolute atomic E-state index is 12.9. The molecule has 0 aliphatic carbocycles. The molecule has 26 heavy (non-hydrogen) atoms. The molecule has 1 aromatic heterocycles. The highest BCUT2D eigenvalue weighted by molar-refractivity contribution is 7.99. The highest BCUT2D eigenvalue weighted by Gasteiger charge is 2.62. The van der Waals surface area contributed by atoms with Crippen molar-refractivity contribution in [2.75, 3.05) is 18.7 Å². The van der Waals surface area contributed by atoms with Crippen molar-refractivity contribution < 1.29 is 14.4 Å². The third-order valence-corrected chi connectivity index (χ3v) is 7.14. The minimum Gasteiger partial charge on any atom is -0.287 e. The molecule has 4 heterocycles. The van der Waals surface area contributed by atoms with Gasteiger partial charge >= 0.3 is 0 Å². The number of para-hydroxylation sites is 1. The van der Waals surface area contributed by atoms with E-state index in [1.165, 1.54) is 4.90 Å². The van der Waals surface area contributed by atoms with Crippen LogP contribution in [0.15, 0.2) is 30.5 Å². The van der Waals surface area contributed by atoms with Crippen molar-refractivity contribution in [1.29, 1.82) is 0 Å².